The van der Waals surface area contributed by atoms with Gasteiger partial charge in [0.15, 0.2) is 5.78 Å². The molecule has 140 valence electrons. The van der Waals surface area contributed by atoms with E-state index in [4.69, 9.17) is 4.74 Å². The predicted octanol–water partition coefficient (Wildman–Crippen LogP) is 4.63. The van der Waals surface area contributed by atoms with Crippen molar-refractivity contribution < 1.29 is 9.53 Å². The zero-order valence-corrected chi connectivity index (χ0v) is 16.3. The Morgan fingerprint density at radius 2 is 2.00 bits per heavy atom. The number of imidazole rings is 1. The van der Waals surface area contributed by atoms with E-state index in [1.54, 1.807) is 7.11 Å². The maximum absolute atomic E-state index is 13.4. The number of nitrogens with zero attached hydrogens (tertiary/aromatic N) is 2. The highest BCUT2D eigenvalue weighted by molar-refractivity contribution is 5.99. The van der Waals surface area contributed by atoms with Crippen molar-refractivity contribution in [3.05, 3.63) is 47.0 Å². The van der Waals surface area contributed by atoms with Crippen LogP contribution in [0.15, 0.2) is 24.5 Å². The second kappa shape index (κ2) is 8.52. The first-order valence-corrected chi connectivity index (χ1v) is 9.92. The molecule has 2 aromatic rings. The summed E-state index contributed by atoms with van der Waals surface area (Å²) in [6, 6.07) is 3.96. The van der Waals surface area contributed by atoms with Crippen molar-refractivity contribution in [3.63, 3.8) is 0 Å². The van der Waals surface area contributed by atoms with Crippen LogP contribution in [-0.2, 0) is 25.8 Å². The third-order valence-corrected chi connectivity index (χ3v) is 5.53. The molecule has 1 heterocycles. The van der Waals surface area contributed by atoms with Gasteiger partial charge in [-0.05, 0) is 61.8 Å². The summed E-state index contributed by atoms with van der Waals surface area (Å²) in [5.41, 5.74) is 3.37. The summed E-state index contributed by atoms with van der Waals surface area (Å²) in [5.74, 6) is 2.27. The highest BCUT2D eigenvalue weighted by Gasteiger charge is 2.26. The van der Waals surface area contributed by atoms with E-state index in [1.165, 1.54) is 17.5 Å². The summed E-state index contributed by atoms with van der Waals surface area (Å²) >= 11 is 0. The summed E-state index contributed by atoms with van der Waals surface area (Å²) in [7, 11) is 1.72. The smallest absolute Gasteiger partial charge is 0.168 e. The standard InChI is InChI=1S/C22H30N2O2/c1-4-8-21-23-13-14-24(21)15-16(5-2)22(25)19-11-12-20(26-3)18-10-7-6-9-17(18)19/h11-14,16H,4-10,15H2,1-3H3. The van der Waals surface area contributed by atoms with E-state index in [0.29, 0.717) is 6.54 Å². The number of carbonyl (C=O) groups excluding carboxylic acids is 1. The van der Waals surface area contributed by atoms with E-state index in [2.05, 4.69) is 23.4 Å². The number of aryl methyl sites for hydroxylation is 1. The Kier molecular flexibility index (Phi) is 6.12. The minimum atomic E-state index is -0.0146. The second-order valence-electron chi connectivity index (χ2n) is 7.19. The Bertz CT molecular complexity index is 763. The van der Waals surface area contributed by atoms with Crippen LogP contribution < -0.4 is 4.74 Å². The van der Waals surface area contributed by atoms with Crippen LogP contribution in [0.5, 0.6) is 5.75 Å². The normalized spacial score (nSPS) is 14.7. The van der Waals surface area contributed by atoms with Crippen molar-refractivity contribution in [2.24, 2.45) is 5.92 Å². The SMILES string of the molecule is CCCc1nccn1CC(CC)C(=O)c1ccc(OC)c2c1CCCC2. The lowest BCUT2D eigenvalue weighted by atomic mass is 9.83. The molecule has 4 heteroatoms. The molecule has 0 spiro atoms. The molecule has 1 atom stereocenters. The lowest BCUT2D eigenvalue weighted by Crippen LogP contribution is -2.23. The van der Waals surface area contributed by atoms with Crippen molar-refractivity contribution in [2.45, 2.75) is 65.3 Å². The molecule has 0 saturated heterocycles. The zero-order valence-electron chi connectivity index (χ0n) is 16.3. The van der Waals surface area contributed by atoms with Crippen molar-refractivity contribution in [1.82, 2.24) is 9.55 Å². The van der Waals surface area contributed by atoms with Crippen LogP contribution in [0.25, 0.3) is 0 Å². The Morgan fingerprint density at radius 3 is 2.69 bits per heavy atom. The van der Waals surface area contributed by atoms with E-state index in [0.717, 1.165) is 55.7 Å². The number of fused-ring (bicyclic) bond motifs is 1. The number of aromatic nitrogens is 2. The Labute approximate surface area is 156 Å². The molecule has 0 bridgehead atoms. The van der Waals surface area contributed by atoms with Crippen molar-refractivity contribution in [2.75, 3.05) is 7.11 Å². The predicted molar refractivity (Wildman–Crippen MR) is 104 cm³/mol. The summed E-state index contributed by atoms with van der Waals surface area (Å²) in [6.07, 6.45) is 11.0. The van der Waals surface area contributed by atoms with E-state index in [-0.39, 0.29) is 11.7 Å². The number of hydrogen-bond donors (Lipinski definition) is 0. The third kappa shape index (κ3) is 3.69. The summed E-state index contributed by atoms with van der Waals surface area (Å²) in [6.45, 7) is 4.98. The van der Waals surface area contributed by atoms with Gasteiger partial charge in [-0.1, -0.05) is 13.8 Å². The number of hydrogen-bond acceptors (Lipinski definition) is 3. The van der Waals surface area contributed by atoms with Crippen LogP contribution in [0.4, 0.5) is 0 Å². The van der Waals surface area contributed by atoms with Crippen LogP contribution >= 0.6 is 0 Å². The maximum atomic E-state index is 13.4. The van der Waals surface area contributed by atoms with Gasteiger partial charge in [-0.2, -0.15) is 0 Å². The van der Waals surface area contributed by atoms with Gasteiger partial charge in [0.05, 0.1) is 7.11 Å². The number of Topliss-reactive ketones (excluding diaryl/α,β-unsaturated/α-hetero) is 1. The molecular weight excluding hydrogens is 324 g/mol. The molecule has 1 aliphatic carbocycles. The fourth-order valence-corrected chi connectivity index (χ4v) is 4.07. The van der Waals surface area contributed by atoms with Gasteiger partial charge in [0.2, 0.25) is 0 Å². The molecule has 0 saturated carbocycles. The molecule has 3 rings (SSSR count). The van der Waals surface area contributed by atoms with Gasteiger partial charge in [-0.25, -0.2) is 4.98 Å². The summed E-state index contributed by atoms with van der Waals surface area (Å²) < 4.78 is 7.70. The molecule has 4 nitrogen and oxygen atoms in total. The minimum Gasteiger partial charge on any atom is -0.496 e. The monoisotopic (exact) mass is 354 g/mol. The van der Waals surface area contributed by atoms with Crippen molar-refractivity contribution in [1.29, 1.82) is 0 Å². The van der Waals surface area contributed by atoms with Gasteiger partial charge >= 0.3 is 0 Å². The number of carbonyl (C=O) groups is 1. The molecule has 1 unspecified atom stereocenters. The number of ether oxygens (including phenoxy) is 1. The average molecular weight is 354 g/mol. The van der Waals surface area contributed by atoms with Gasteiger partial charge < -0.3 is 9.30 Å². The van der Waals surface area contributed by atoms with Gasteiger partial charge in [0.1, 0.15) is 11.6 Å². The molecule has 0 fully saturated rings. The minimum absolute atomic E-state index is 0.0146. The lowest BCUT2D eigenvalue weighted by Gasteiger charge is -2.24. The van der Waals surface area contributed by atoms with Crippen LogP contribution in [0.1, 0.15) is 66.8 Å². The fraction of sp³-hybridized carbons (Fsp3) is 0.545. The van der Waals surface area contributed by atoms with Gasteiger partial charge in [0.25, 0.3) is 0 Å². The molecule has 0 aliphatic heterocycles. The number of benzene rings is 1. The number of ketones is 1. The van der Waals surface area contributed by atoms with Crippen LogP contribution in [0.2, 0.25) is 0 Å². The lowest BCUT2D eigenvalue weighted by molar-refractivity contribution is 0.0901. The first kappa shape index (κ1) is 18.7. The van der Waals surface area contributed by atoms with Crippen LogP contribution in [0, 0.1) is 5.92 Å². The largest absolute Gasteiger partial charge is 0.496 e. The first-order chi connectivity index (χ1) is 12.7. The van der Waals surface area contributed by atoms with Crippen molar-refractivity contribution >= 4 is 5.78 Å². The van der Waals surface area contributed by atoms with Crippen LogP contribution in [0.3, 0.4) is 0 Å². The molecule has 1 aliphatic rings. The number of rotatable bonds is 8. The van der Waals surface area contributed by atoms with Gasteiger partial charge in [-0.3, -0.25) is 4.79 Å². The summed E-state index contributed by atoms with van der Waals surface area (Å²) in [4.78, 5) is 17.8. The maximum Gasteiger partial charge on any atom is 0.168 e. The van der Waals surface area contributed by atoms with Crippen LogP contribution in [-0.4, -0.2) is 22.4 Å². The highest BCUT2D eigenvalue weighted by Crippen LogP contribution is 2.33. The molecule has 0 N–H and O–H groups in total. The quantitative estimate of drug-likeness (QED) is 0.649. The van der Waals surface area contributed by atoms with E-state index >= 15 is 0 Å². The molecule has 26 heavy (non-hydrogen) atoms. The topological polar surface area (TPSA) is 44.1 Å². The zero-order chi connectivity index (χ0) is 18.5. The van der Waals surface area contributed by atoms with E-state index in [9.17, 15) is 4.79 Å². The summed E-state index contributed by atoms with van der Waals surface area (Å²) in [5, 5.41) is 0. The van der Waals surface area contributed by atoms with E-state index in [1.807, 2.05) is 24.5 Å². The third-order valence-electron chi connectivity index (χ3n) is 5.53. The Hall–Kier alpha value is -2.10. The molecular formula is C22H30N2O2. The van der Waals surface area contributed by atoms with Gasteiger partial charge in [-0.15, -0.1) is 0 Å². The fourth-order valence-electron chi connectivity index (χ4n) is 4.07. The van der Waals surface area contributed by atoms with E-state index < -0.39 is 0 Å². The average Bonchev–Trinajstić information content (AvgIpc) is 3.11. The Balaban J connectivity index is 1.88. The molecule has 0 amide bonds. The molecule has 0 radical (unpaired) electrons. The molecule has 1 aromatic carbocycles. The highest BCUT2D eigenvalue weighted by atomic mass is 16.5. The van der Waals surface area contributed by atoms with Gasteiger partial charge in [0, 0.05) is 36.8 Å². The Morgan fingerprint density at radius 1 is 1.23 bits per heavy atom. The number of methoxy groups -OCH3 is 1. The molecule has 1 aromatic heterocycles. The second-order valence-corrected chi connectivity index (χ2v) is 7.19. The van der Waals surface area contributed by atoms with Crippen molar-refractivity contribution in [3.8, 4) is 5.75 Å². The first-order valence-electron chi connectivity index (χ1n) is 9.92.